The summed E-state index contributed by atoms with van der Waals surface area (Å²) in [4.78, 5) is 0. The largest absolute Gasteiger partial charge is 0.428 e. The van der Waals surface area contributed by atoms with Crippen molar-refractivity contribution in [2.75, 3.05) is 0 Å². The lowest BCUT2D eigenvalue weighted by Crippen LogP contribution is -1.74. The van der Waals surface area contributed by atoms with Gasteiger partial charge in [0.1, 0.15) is 0 Å². The van der Waals surface area contributed by atoms with E-state index in [4.69, 9.17) is 0 Å². The molecule has 0 aliphatic carbocycles. The summed E-state index contributed by atoms with van der Waals surface area (Å²) in [6, 6.07) is -0.745. The summed E-state index contributed by atoms with van der Waals surface area (Å²) in [6.07, 6.45) is 0.850. The van der Waals surface area contributed by atoms with Crippen molar-refractivity contribution in [1.82, 2.24) is 0 Å². The summed E-state index contributed by atoms with van der Waals surface area (Å²) in [5, 5.41) is 0. The fourth-order valence-electron chi connectivity index (χ4n) is 0.269. The average molecular weight is 102 g/mol. The van der Waals surface area contributed by atoms with Gasteiger partial charge in [0, 0.05) is 0 Å². The van der Waals surface area contributed by atoms with Gasteiger partial charge in [-0.15, -0.1) is 0 Å². The summed E-state index contributed by atoms with van der Waals surface area (Å²) in [5.41, 5.74) is 0. The van der Waals surface area contributed by atoms with Crippen LogP contribution in [0.3, 0.4) is 0 Å². The van der Waals surface area contributed by atoms with Crippen LogP contribution in [0.4, 0.5) is 4.39 Å². The van der Waals surface area contributed by atoms with Crippen molar-refractivity contribution in [2.24, 2.45) is 0 Å². The van der Waals surface area contributed by atoms with Crippen molar-refractivity contribution in [3.8, 4) is 0 Å². The van der Waals surface area contributed by atoms with Crippen molar-refractivity contribution < 1.29 is 13.9 Å². The zero-order chi connectivity index (χ0) is 5.28. The Morgan fingerprint density at radius 2 is 2.43 bits per heavy atom. The first kappa shape index (κ1) is 4.18. The Bertz CT molecular complexity index is 128. The lowest BCUT2D eigenvalue weighted by atomic mass is 11.0. The van der Waals surface area contributed by atoms with E-state index in [1.54, 1.807) is 0 Å². The maximum Gasteiger partial charge on any atom is 0.316 e. The first-order chi connectivity index (χ1) is 3.29. The van der Waals surface area contributed by atoms with Crippen LogP contribution in [-0.4, -0.2) is 0 Å². The zero-order valence-electron chi connectivity index (χ0n) is 3.48. The molecule has 38 valence electrons. The lowest BCUT2D eigenvalue weighted by Gasteiger charge is -1.88. The Hall–Kier alpha value is -0.990. The van der Waals surface area contributed by atoms with Gasteiger partial charge in [0.2, 0.25) is 0 Å². The maximum atomic E-state index is 11.6. The summed E-state index contributed by atoms with van der Waals surface area (Å²) >= 11 is 0. The Balaban J connectivity index is 2.58. The van der Waals surface area contributed by atoms with Gasteiger partial charge in [-0.3, -0.25) is 0 Å². The molecule has 0 N–H and O–H groups in total. The van der Waals surface area contributed by atoms with E-state index in [9.17, 15) is 4.39 Å². The maximum absolute atomic E-state index is 11.6. The fourth-order valence-corrected chi connectivity index (χ4v) is 0.269. The average Bonchev–Trinajstić information content (AvgIpc) is 1.87. The molecule has 2 nitrogen and oxygen atoms in total. The van der Waals surface area contributed by atoms with Crippen LogP contribution >= 0.6 is 0 Å². The van der Waals surface area contributed by atoms with Crippen molar-refractivity contribution in [3.05, 3.63) is 24.8 Å². The van der Waals surface area contributed by atoms with Crippen LogP contribution in [0.5, 0.6) is 0 Å². The molecule has 0 spiro atoms. The van der Waals surface area contributed by atoms with Crippen LogP contribution < -0.4 is 0 Å². The highest BCUT2D eigenvalue weighted by atomic mass is 19.1. The smallest absolute Gasteiger partial charge is 0.316 e. The van der Waals surface area contributed by atoms with E-state index in [1.807, 2.05) is 0 Å². The molecule has 1 heterocycles. The van der Waals surface area contributed by atoms with E-state index >= 15 is 0 Å². The van der Waals surface area contributed by atoms with Crippen LogP contribution in [-0.2, 0) is 9.47 Å². The summed E-state index contributed by atoms with van der Waals surface area (Å²) < 4.78 is 20.1. The van der Waals surface area contributed by atoms with Crippen molar-refractivity contribution in [2.45, 2.75) is 0 Å². The number of halogens is 1. The third kappa shape index (κ3) is 0.707. The second kappa shape index (κ2) is 1.26. The van der Waals surface area contributed by atoms with Gasteiger partial charge in [0.15, 0.2) is 6.26 Å². The van der Waals surface area contributed by atoms with E-state index < -0.39 is 6.01 Å². The van der Waals surface area contributed by atoms with E-state index in [2.05, 4.69) is 16.1 Å². The quantitative estimate of drug-likeness (QED) is 0.458. The minimum Gasteiger partial charge on any atom is -0.428 e. The summed E-state index contributed by atoms with van der Waals surface area (Å²) in [6.45, 7) is 3.17. The van der Waals surface area contributed by atoms with Gasteiger partial charge in [-0.25, -0.2) is 0 Å². The van der Waals surface area contributed by atoms with Gasteiger partial charge in [-0.2, -0.15) is 4.39 Å². The Morgan fingerprint density at radius 1 is 1.71 bits per heavy atom. The molecular weight excluding hydrogens is 99.0 g/mol. The van der Waals surface area contributed by atoms with Crippen LogP contribution in [0.1, 0.15) is 0 Å². The predicted molar refractivity (Wildman–Crippen MR) is 20.5 cm³/mol. The first-order valence-electron chi connectivity index (χ1n) is 1.68. The van der Waals surface area contributed by atoms with E-state index in [-0.39, 0.29) is 5.95 Å². The van der Waals surface area contributed by atoms with Crippen LogP contribution in [0.25, 0.3) is 0 Å². The SMILES string of the molecule is C=C1OC=C(F)O1. The predicted octanol–water partition coefficient (Wildman–Crippen LogP) is 1.27. The van der Waals surface area contributed by atoms with Gasteiger partial charge in [0.25, 0.3) is 5.95 Å². The second-order valence-corrected chi connectivity index (χ2v) is 1.01. The highest BCUT2D eigenvalue weighted by Gasteiger charge is 2.07. The molecule has 0 atom stereocenters. The molecule has 0 saturated carbocycles. The Labute approximate surface area is 39.8 Å². The molecule has 1 rings (SSSR count). The molecule has 0 aromatic heterocycles. The molecule has 0 radical (unpaired) electrons. The molecule has 0 unspecified atom stereocenters. The normalized spacial score (nSPS) is 17.9. The van der Waals surface area contributed by atoms with Crippen LogP contribution in [0, 0.1) is 0 Å². The van der Waals surface area contributed by atoms with E-state index in [0.717, 1.165) is 6.26 Å². The molecule has 1 aliphatic rings. The summed E-state index contributed by atoms with van der Waals surface area (Å²) in [7, 11) is 0. The number of ether oxygens (including phenoxy) is 2. The van der Waals surface area contributed by atoms with Crippen molar-refractivity contribution in [1.29, 1.82) is 0 Å². The molecule has 3 heteroatoms. The third-order valence-electron chi connectivity index (χ3n) is 0.494. The molecule has 0 aromatic rings. The highest BCUT2D eigenvalue weighted by molar-refractivity contribution is 4.90. The molecule has 0 bridgehead atoms. The van der Waals surface area contributed by atoms with Crippen LogP contribution in [0.15, 0.2) is 24.8 Å². The Kier molecular flexibility index (Phi) is 0.749. The van der Waals surface area contributed by atoms with Gasteiger partial charge in [-0.05, 0) is 6.58 Å². The first-order valence-corrected chi connectivity index (χ1v) is 1.68. The molecule has 0 aromatic carbocycles. The molecule has 7 heavy (non-hydrogen) atoms. The standard InChI is InChI=1S/C4H3FO2/c1-3-6-2-4(5)7-3/h2H,1H2. The summed E-state index contributed by atoms with van der Waals surface area (Å²) in [5.74, 6) is -0.0162. The lowest BCUT2D eigenvalue weighted by molar-refractivity contribution is 0.157. The molecule has 1 aliphatic heterocycles. The molecular formula is C4H3FO2. The number of rotatable bonds is 0. The van der Waals surface area contributed by atoms with E-state index in [0.29, 0.717) is 0 Å². The van der Waals surface area contributed by atoms with Crippen LogP contribution in [0.2, 0.25) is 0 Å². The Morgan fingerprint density at radius 3 is 2.57 bits per heavy atom. The second-order valence-electron chi connectivity index (χ2n) is 1.01. The van der Waals surface area contributed by atoms with Gasteiger partial charge in [-0.1, -0.05) is 0 Å². The molecule has 0 amide bonds. The highest BCUT2D eigenvalue weighted by Crippen LogP contribution is 2.14. The third-order valence-corrected chi connectivity index (χ3v) is 0.494. The zero-order valence-corrected chi connectivity index (χ0v) is 3.48. The van der Waals surface area contributed by atoms with Gasteiger partial charge in [0.05, 0.1) is 0 Å². The molecule has 0 fully saturated rings. The van der Waals surface area contributed by atoms with Gasteiger partial charge >= 0.3 is 6.01 Å². The van der Waals surface area contributed by atoms with E-state index in [1.165, 1.54) is 0 Å². The van der Waals surface area contributed by atoms with Crippen molar-refractivity contribution >= 4 is 0 Å². The molecule has 0 saturated heterocycles. The minimum absolute atomic E-state index is 0.0162. The fraction of sp³-hybridized carbons (Fsp3) is 0. The number of hydrogen-bond acceptors (Lipinski definition) is 2. The van der Waals surface area contributed by atoms with Gasteiger partial charge < -0.3 is 9.47 Å². The van der Waals surface area contributed by atoms with Crippen molar-refractivity contribution in [3.63, 3.8) is 0 Å². The minimum atomic E-state index is -0.745. The monoisotopic (exact) mass is 102 g/mol. The number of hydrogen-bond donors (Lipinski definition) is 0. The topological polar surface area (TPSA) is 18.5 Å².